The van der Waals surface area contributed by atoms with E-state index in [0.717, 1.165) is 12.2 Å². The number of hydrogen-bond acceptors (Lipinski definition) is 3. The van der Waals surface area contributed by atoms with Gasteiger partial charge in [0.05, 0.1) is 0 Å². The van der Waals surface area contributed by atoms with E-state index in [2.05, 4.69) is 10.7 Å². The summed E-state index contributed by atoms with van der Waals surface area (Å²) in [6, 6.07) is 0. The summed E-state index contributed by atoms with van der Waals surface area (Å²) in [5.74, 6) is 3.70. The second kappa shape index (κ2) is 4.03. The molecule has 0 bridgehead atoms. The van der Waals surface area contributed by atoms with Crippen molar-refractivity contribution < 1.29 is 9.63 Å². The Balaban J connectivity index is 3.88. The van der Waals surface area contributed by atoms with Crippen LogP contribution in [0, 0.1) is 0 Å². The summed E-state index contributed by atoms with van der Waals surface area (Å²) < 4.78 is -1.59. The van der Waals surface area contributed by atoms with Crippen molar-refractivity contribution in [3.05, 3.63) is 12.2 Å². The van der Waals surface area contributed by atoms with E-state index in [1.54, 1.807) is 0 Å². The molecule has 0 unspecified atom stereocenters. The Morgan fingerprint density at radius 1 is 1.50 bits per heavy atom. The van der Waals surface area contributed by atoms with Crippen LogP contribution in [0.2, 0.25) is 0 Å². The summed E-state index contributed by atoms with van der Waals surface area (Å²) in [5, 5.41) is 0. The van der Waals surface area contributed by atoms with E-state index in [9.17, 15) is 4.79 Å². The highest BCUT2D eigenvalue weighted by Crippen LogP contribution is 2.27. The maximum absolute atomic E-state index is 10.2. The number of rotatable bonds is 1. The lowest BCUT2D eigenvalue weighted by Crippen LogP contribution is -2.07. The van der Waals surface area contributed by atoms with Crippen LogP contribution in [-0.4, -0.2) is 9.76 Å². The predicted octanol–water partition coefficient (Wildman–Crippen LogP) is 1.33. The fraction of sp³-hybridized carbons (Fsp3) is 0.250. The Hall–Kier alpha value is 0.0400. The van der Waals surface area contributed by atoms with Gasteiger partial charge < -0.3 is 4.84 Å². The first kappa shape index (κ1) is 10.0. The number of carbonyl (C=O) groups excluding carboxylic acids is 1. The molecule has 0 aromatic carbocycles. The Morgan fingerprint density at radius 2 is 2.00 bits per heavy atom. The monoisotopic (exact) mass is 203 g/mol. The van der Waals surface area contributed by atoms with Crippen molar-refractivity contribution in [2.45, 2.75) is 3.79 Å². The molecule has 2 N–H and O–H groups in total. The summed E-state index contributed by atoms with van der Waals surface area (Å²) in [6.07, 6.45) is 1.96. The first-order valence-electron chi connectivity index (χ1n) is 2.12. The van der Waals surface area contributed by atoms with E-state index in [4.69, 9.17) is 34.8 Å². The van der Waals surface area contributed by atoms with E-state index in [1.807, 2.05) is 0 Å². The summed E-state index contributed by atoms with van der Waals surface area (Å²) >= 11 is 15.7. The Kier molecular flexibility index (Phi) is 4.05. The molecule has 58 valence electrons. The van der Waals surface area contributed by atoms with Gasteiger partial charge in [-0.25, -0.2) is 4.79 Å². The van der Waals surface area contributed by atoms with Crippen molar-refractivity contribution >= 4 is 40.8 Å². The average Bonchev–Trinajstić information content (AvgIpc) is 1.81. The van der Waals surface area contributed by atoms with Crippen LogP contribution in [-0.2, 0) is 9.63 Å². The maximum Gasteiger partial charge on any atom is 0.349 e. The highest BCUT2D eigenvalue weighted by Gasteiger charge is 2.14. The standard InChI is InChI=1S/C4H4Cl3NO2/c5-4(6,7)2-1-3(9)10-8/h1-2H,8H2. The van der Waals surface area contributed by atoms with E-state index in [0.29, 0.717) is 0 Å². The van der Waals surface area contributed by atoms with Crippen molar-refractivity contribution in [1.82, 2.24) is 0 Å². The largest absolute Gasteiger partial charge is 0.370 e. The number of halogens is 3. The second-order valence-corrected chi connectivity index (χ2v) is 3.68. The lowest BCUT2D eigenvalue weighted by Gasteiger charge is -2.00. The van der Waals surface area contributed by atoms with E-state index in [-0.39, 0.29) is 0 Å². The topological polar surface area (TPSA) is 52.3 Å². The van der Waals surface area contributed by atoms with Gasteiger partial charge in [0.15, 0.2) is 0 Å². The van der Waals surface area contributed by atoms with E-state index >= 15 is 0 Å². The quantitative estimate of drug-likeness (QED) is 0.398. The molecule has 3 nitrogen and oxygen atoms in total. The zero-order valence-corrected chi connectivity index (χ0v) is 6.95. The molecule has 0 aliphatic heterocycles. The van der Waals surface area contributed by atoms with Gasteiger partial charge in [0.2, 0.25) is 3.79 Å². The molecule has 0 rings (SSSR count). The summed E-state index contributed by atoms with van der Waals surface area (Å²) in [7, 11) is 0. The Labute approximate surface area is 72.6 Å². The number of carbonyl (C=O) groups is 1. The molecular weight excluding hydrogens is 200 g/mol. The molecule has 0 fully saturated rings. The number of hydrogen-bond donors (Lipinski definition) is 1. The minimum Gasteiger partial charge on any atom is -0.370 e. The third-order valence-corrected chi connectivity index (χ3v) is 0.903. The summed E-state index contributed by atoms with van der Waals surface area (Å²) in [4.78, 5) is 14.0. The predicted molar refractivity (Wildman–Crippen MR) is 39.7 cm³/mol. The first-order valence-corrected chi connectivity index (χ1v) is 3.26. The molecule has 0 saturated carbocycles. The van der Waals surface area contributed by atoms with Gasteiger partial charge in [0.1, 0.15) is 0 Å². The van der Waals surface area contributed by atoms with Gasteiger partial charge in [-0.1, -0.05) is 34.8 Å². The molecule has 0 amide bonds. The number of alkyl halides is 3. The molecule has 0 heterocycles. The Morgan fingerprint density at radius 3 is 2.30 bits per heavy atom. The molecule has 0 saturated heterocycles. The van der Waals surface area contributed by atoms with Crippen LogP contribution in [0.5, 0.6) is 0 Å². The first-order chi connectivity index (χ1) is 4.45. The SMILES string of the molecule is NOC(=O)C=CC(Cl)(Cl)Cl. The molecule has 0 aliphatic carbocycles. The molecule has 10 heavy (non-hydrogen) atoms. The van der Waals surface area contributed by atoms with Gasteiger partial charge >= 0.3 is 5.97 Å². The van der Waals surface area contributed by atoms with Gasteiger partial charge in [-0.3, -0.25) is 0 Å². The van der Waals surface area contributed by atoms with Gasteiger partial charge in [0.25, 0.3) is 0 Å². The van der Waals surface area contributed by atoms with Gasteiger partial charge in [0, 0.05) is 6.08 Å². The molecule has 6 heteroatoms. The van der Waals surface area contributed by atoms with Crippen LogP contribution in [0.1, 0.15) is 0 Å². The maximum atomic E-state index is 10.2. The second-order valence-electron chi connectivity index (χ2n) is 1.31. The number of allylic oxidation sites excluding steroid dienone is 1. The number of nitrogens with two attached hydrogens (primary N) is 1. The van der Waals surface area contributed by atoms with Crippen molar-refractivity contribution in [1.29, 1.82) is 0 Å². The molecule has 0 aliphatic rings. The van der Waals surface area contributed by atoms with E-state index in [1.165, 1.54) is 0 Å². The van der Waals surface area contributed by atoms with Gasteiger partial charge in [-0.15, -0.1) is 0 Å². The molecular formula is C4H4Cl3NO2. The van der Waals surface area contributed by atoms with Crippen LogP contribution in [0.4, 0.5) is 0 Å². The zero-order valence-electron chi connectivity index (χ0n) is 4.68. The van der Waals surface area contributed by atoms with Crippen molar-refractivity contribution in [2.75, 3.05) is 0 Å². The van der Waals surface area contributed by atoms with Gasteiger partial charge in [-0.05, 0) is 6.08 Å². The summed E-state index contributed by atoms with van der Waals surface area (Å²) in [5.41, 5.74) is 0. The highest BCUT2D eigenvalue weighted by atomic mass is 35.6. The van der Waals surface area contributed by atoms with Crippen molar-refractivity contribution in [3.63, 3.8) is 0 Å². The van der Waals surface area contributed by atoms with Crippen LogP contribution in [0.25, 0.3) is 0 Å². The molecule has 0 radical (unpaired) electrons. The fourth-order valence-electron chi connectivity index (χ4n) is 0.202. The van der Waals surface area contributed by atoms with Crippen molar-refractivity contribution in [2.24, 2.45) is 5.90 Å². The van der Waals surface area contributed by atoms with Crippen LogP contribution in [0.3, 0.4) is 0 Å². The average molecular weight is 204 g/mol. The Bertz CT molecular complexity index is 151. The van der Waals surface area contributed by atoms with Crippen molar-refractivity contribution in [3.8, 4) is 0 Å². The highest BCUT2D eigenvalue weighted by molar-refractivity contribution is 6.69. The van der Waals surface area contributed by atoms with E-state index < -0.39 is 9.76 Å². The minimum absolute atomic E-state index is 0.772. The van der Waals surface area contributed by atoms with Crippen LogP contribution >= 0.6 is 34.8 Å². The van der Waals surface area contributed by atoms with Crippen LogP contribution < -0.4 is 5.90 Å². The third-order valence-electron chi connectivity index (χ3n) is 0.525. The fourth-order valence-corrected chi connectivity index (χ4v) is 0.391. The van der Waals surface area contributed by atoms with Crippen LogP contribution in [0.15, 0.2) is 12.2 Å². The molecule has 0 spiro atoms. The molecule has 0 atom stereocenters. The molecule has 0 aromatic heterocycles. The van der Waals surface area contributed by atoms with Gasteiger partial charge in [-0.2, -0.15) is 5.90 Å². The lowest BCUT2D eigenvalue weighted by atomic mass is 10.5. The smallest absolute Gasteiger partial charge is 0.349 e. The third kappa shape index (κ3) is 6.16. The normalized spacial score (nSPS) is 12.0. The lowest BCUT2D eigenvalue weighted by molar-refractivity contribution is -0.138. The molecule has 0 aromatic rings. The minimum atomic E-state index is -1.59. The summed E-state index contributed by atoms with van der Waals surface area (Å²) in [6.45, 7) is 0. The zero-order chi connectivity index (χ0) is 8.20.